The van der Waals surface area contributed by atoms with Crippen LogP contribution in [-0.2, 0) is 17.4 Å². The first kappa shape index (κ1) is 23.7. The Morgan fingerprint density at radius 1 is 1.12 bits per heavy atom. The largest absolute Gasteiger partial charge is 0.497 e. The lowest BCUT2D eigenvalue weighted by Crippen LogP contribution is -2.49. The summed E-state index contributed by atoms with van der Waals surface area (Å²) in [6, 6.07) is 12.1. The number of aromatic nitrogens is 2. The monoisotopic (exact) mass is 474 g/mol. The van der Waals surface area contributed by atoms with E-state index in [2.05, 4.69) is 15.0 Å². The molecule has 2 heterocycles. The van der Waals surface area contributed by atoms with Crippen LogP contribution >= 0.6 is 0 Å². The summed E-state index contributed by atoms with van der Waals surface area (Å²) < 4.78 is 49.6. The van der Waals surface area contributed by atoms with Crippen LogP contribution in [0.3, 0.4) is 0 Å². The summed E-state index contributed by atoms with van der Waals surface area (Å²) in [4.78, 5) is 21.0. The van der Waals surface area contributed by atoms with Gasteiger partial charge in [0.15, 0.2) is 0 Å². The summed E-state index contributed by atoms with van der Waals surface area (Å²) >= 11 is 0. The Balaban J connectivity index is 1.35. The van der Waals surface area contributed by atoms with Gasteiger partial charge in [-0.3, -0.25) is 9.69 Å². The number of amides is 1. The number of alkyl halides is 3. The Morgan fingerprint density at radius 2 is 1.85 bits per heavy atom. The van der Waals surface area contributed by atoms with Crippen LogP contribution in [0.1, 0.15) is 30.0 Å². The molecule has 34 heavy (non-hydrogen) atoms. The van der Waals surface area contributed by atoms with E-state index in [1.54, 1.807) is 7.11 Å². The van der Waals surface area contributed by atoms with E-state index in [-0.39, 0.29) is 23.3 Å². The number of methoxy groups -OCH3 is 1. The van der Waals surface area contributed by atoms with Gasteiger partial charge in [0.2, 0.25) is 17.6 Å². The zero-order chi connectivity index (χ0) is 24.3. The van der Waals surface area contributed by atoms with Crippen molar-refractivity contribution in [1.82, 2.24) is 19.9 Å². The van der Waals surface area contributed by atoms with Crippen LogP contribution in [-0.4, -0.2) is 59.1 Å². The summed E-state index contributed by atoms with van der Waals surface area (Å²) in [6.45, 7) is 4.25. The van der Waals surface area contributed by atoms with E-state index < -0.39 is 11.7 Å². The predicted molar refractivity (Wildman–Crippen MR) is 118 cm³/mol. The number of rotatable bonds is 6. The molecule has 1 saturated heterocycles. The molecule has 1 aromatic heterocycles. The molecule has 0 radical (unpaired) electrons. The van der Waals surface area contributed by atoms with Gasteiger partial charge in [-0.2, -0.15) is 18.2 Å². The van der Waals surface area contributed by atoms with Gasteiger partial charge in [-0.05, 0) is 36.8 Å². The third-order valence-corrected chi connectivity index (χ3v) is 5.95. The van der Waals surface area contributed by atoms with Crippen LogP contribution in [0.25, 0.3) is 11.4 Å². The molecule has 2 aromatic carbocycles. The lowest BCUT2D eigenvalue weighted by Gasteiger charge is -2.36. The van der Waals surface area contributed by atoms with E-state index in [0.717, 1.165) is 17.7 Å². The number of nitrogens with zero attached hydrogens (tertiary/aromatic N) is 4. The maximum atomic E-state index is 13.0. The van der Waals surface area contributed by atoms with Crippen LogP contribution in [0.15, 0.2) is 53.1 Å². The number of hydrogen-bond donors (Lipinski definition) is 0. The molecule has 1 fully saturated rings. The number of hydrogen-bond acceptors (Lipinski definition) is 6. The average Bonchev–Trinajstić information content (AvgIpc) is 3.34. The number of benzene rings is 2. The second-order valence-corrected chi connectivity index (χ2v) is 8.16. The van der Waals surface area contributed by atoms with Gasteiger partial charge in [0.05, 0.1) is 25.1 Å². The van der Waals surface area contributed by atoms with Gasteiger partial charge < -0.3 is 14.2 Å². The predicted octanol–water partition coefficient (Wildman–Crippen LogP) is 4.21. The molecule has 1 atom stereocenters. The molecule has 180 valence electrons. The van der Waals surface area contributed by atoms with Crippen molar-refractivity contribution in [2.24, 2.45) is 0 Å². The summed E-state index contributed by atoms with van der Waals surface area (Å²) in [7, 11) is 1.59. The molecule has 1 amide bonds. The second kappa shape index (κ2) is 9.84. The Morgan fingerprint density at radius 3 is 2.56 bits per heavy atom. The molecular weight excluding hydrogens is 449 g/mol. The quantitative estimate of drug-likeness (QED) is 0.533. The number of carbonyl (C=O) groups is 1. The highest BCUT2D eigenvalue weighted by Gasteiger charge is 2.31. The van der Waals surface area contributed by atoms with Gasteiger partial charge in [-0.1, -0.05) is 29.4 Å². The lowest BCUT2D eigenvalue weighted by molar-refractivity contribution is -0.137. The van der Waals surface area contributed by atoms with Crippen molar-refractivity contribution in [1.29, 1.82) is 0 Å². The first-order valence-electron chi connectivity index (χ1n) is 10.9. The SMILES string of the molecule is COc1cccc(CC(=O)N2CCN(C(C)c3nc(-c4cccc(C(F)(F)F)c4)no3)CC2)c1. The van der Waals surface area contributed by atoms with Crippen LogP contribution < -0.4 is 4.74 Å². The summed E-state index contributed by atoms with van der Waals surface area (Å²) in [5, 5.41) is 3.87. The van der Waals surface area contributed by atoms with Crippen molar-refractivity contribution < 1.29 is 27.2 Å². The zero-order valence-corrected chi connectivity index (χ0v) is 18.9. The van der Waals surface area contributed by atoms with Crippen LogP contribution in [0.5, 0.6) is 5.75 Å². The molecule has 3 aromatic rings. The summed E-state index contributed by atoms with van der Waals surface area (Å²) in [5.74, 6) is 1.20. The van der Waals surface area contributed by atoms with Gasteiger partial charge >= 0.3 is 6.18 Å². The molecule has 0 aliphatic carbocycles. The average molecular weight is 474 g/mol. The standard InChI is InChI=1S/C24H25F3N4O3/c1-16(23-28-22(29-34-23)18-6-4-7-19(15-18)24(25,26)27)30-9-11-31(12-10-30)21(32)14-17-5-3-8-20(13-17)33-2/h3-8,13,15-16H,9-12,14H2,1-2H3. The highest BCUT2D eigenvalue weighted by atomic mass is 19.4. The fraction of sp³-hybridized carbons (Fsp3) is 0.375. The molecule has 1 unspecified atom stereocenters. The highest BCUT2D eigenvalue weighted by molar-refractivity contribution is 5.79. The van der Waals surface area contributed by atoms with E-state index in [1.165, 1.54) is 12.1 Å². The fourth-order valence-electron chi connectivity index (χ4n) is 3.94. The Bertz CT molecular complexity index is 1140. The third-order valence-electron chi connectivity index (χ3n) is 5.95. The van der Waals surface area contributed by atoms with Crippen molar-refractivity contribution in [3.05, 3.63) is 65.5 Å². The van der Waals surface area contributed by atoms with Gasteiger partial charge in [-0.15, -0.1) is 0 Å². The van der Waals surface area contributed by atoms with Gasteiger partial charge in [-0.25, -0.2) is 0 Å². The minimum absolute atomic E-state index is 0.0465. The first-order valence-corrected chi connectivity index (χ1v) is 10.9. The molecule has 0 spiro atoms. The van der Waals surface area contributed by atoms with E-state index in [4.69, 9.17) is 9.26 Å². The molecule has 0 N–H and O–H groups in total. The van der Waals surface area contributed by atoms with E-state index in [1.807, 2.05) is 36.1 Å². The van der Waals surface area contributed by atoms with Crippen LogP contribution in [0.4, 0.5) is 13.2 Å². The molecule has 1 aliphatic heterocycles. The minimum Gasteiger partial charge on any atom is -0.497 e. The van der Waals surface area contributed by atoms with Crippen molar-refractivity contribution in [3.8, 4) is 17.1 Å². The molecule has 1 aliphatic rings. The second-order valence-electron chi connectivity index (χ2n) is 8.16. The Labute approximate surface area is 195 Å². The number of carbonyl (C=O) groups excluding carboxylic acids is 1. The van der Waals surface area contributed by atoms with Gasteiger partial charge in [0.25, 0.3) is 0 Å². The lowest BCUT2D eigenvalue weighted by atomic mass is 10.1. The molecular formula is C24H25F3N4O3. The van der Waals surface area contributed by atoms with Crippen molar-refractivity contribution in [2.75, 3.05) is 33.3 Å². The van der Waals surface area contributed by atoms with Crippen molar-refractivity contribution in [2.45, 2.75) is 25.6 Å². The van der Waals surface area contributed by atoms with Gasteiger partial charge in [0, 0.05) is 31.7 Å². The van der Waals surface area contributed by atoms with Crippen molar-refractivity contribution >= 4 is 5.91 Å². The molecule has 4 rings (SSSR count). The van der Waals surface area contributed by atoms with Crippen molar-refractivity contribution in [3.63, 3.8) is 0 Å². The zero-order valence-electron chi connectivity index (χ0n) is 18.9. The number of piperazine rings is 1. The first-order chi connectivity index (χ1) is 16.2. The Kier molecular flexibility index (Phi) is 6.87. The number of halogens is 3. The minimum atomic E-state index is -4.44. The molecule has 0 saturated carbocycles. The van der Waals surface area contributed by atoms with E-state index in [9.17, 15) is 18.0 Å². The summed E-state index contributed by atoms with van der Waals surface area (Å²) in [5.41, 5.74) is 0.372. The van der Waals surface area contributed by atoms with Gasteiger partial charge in [0.1, 0.15) is 5.75 Å². The van der Waals surface area contributed by atoms with E-state index in [0.29, 0.717) is 44.2 Å². The number of ether oxygens (including phenoxy) is 1. The Hall–Kier alpha value is -3.40. The maximum absolute atomic E-state index is 13.0. The van der Waals surface area contributed by atoms with E-state index >= 15 is 0 Å². The third kappa shape index (κ3) is 5.39. The highest BCUT2D eigenvalue weighted by Crippen LogP contribution is 2.32. The molecule has 10 heteroatoms. The summed E-state index contributed by atoms with van der Waals surface area (Å²) in [6.07, 6.45) is -4.14. The normalized spacial score (nSPS) is 15.9. The smallest absolute Gasteiger partial charge is 0.416 e. The van der Waals surface area contributed by atoms with Crippen LogP contribution in [0, 0.1) is 0 Å². The molecule has 7 nitrogen and oxygen atoms in total. The maximum Gasteiger partial charge on any atom is 0.416 e. The molecule has 0 bridgehead atoms. The topological polar surface area (TPSA) is 71.7 Å². The fourth-order valence-corrected chi connectivity index (χ4v) is 3.94. The van der Waals surface area contributed by atoms with Crippen LogP contribution in [0.2, 0.25) is 0 Å².